The average Bonchev–Trinajstić information content (AvgIpc) is 2.97. The zero-order valence-electron chi connectivity index (χ0n) is 9.75. The van der Waals surface area contributed by atoms with Gasteiger partial charge in [-0.1, -0.05) is 12.1 Å². The van der Waals surface area contributed by atoms with Crippen LogP contribution in [0.5, 0.6) is 0 Å². The predicted molar refractivity (Wildman–Crippen MR) is 66.9 cm³/mol. The minimum atomic E-state index is -0.218. The average molecular weight is 241 g/mol. The monoisotopic (exact) mass is 241 g/mol. The van der Waals surface area contributed by atoms with Crippen molar-refractivity contribution in [1.82, 2.24) is 9.66 Å². The third-order valence-electron chi connectivity index (χ3n) is 2.78. The molecule has 0 saturated heterocycles. The van der Waals surface area contributed by atoms with E-state index in [9.17, 15) is 4.79 Å². The van der Waals surface area contributed by atoms with Gasteiger partial charge in [-0.15, -0.1) is 0 Å². The first-order valence-corrected chi connectivity index (χ1v) is 5.53. The van der Waals surface area contributed by atoms with Crippen LogP contribution in [-0.2, 0) is 0 Å². The molecule has 0 atom stereocenters. The van der Waals surface area contributed by atoms with Gasteiger partial charge < -0.3 is 4.42 Å². The van der Waals surface area contributed by atoms with Crippen LogP contribution in [0.1, 0.15) is 16.1 Å². The molecule has 0 bridgehead atoms. The van der Waals surface area contributed by atoms with E-state index in [1.807, 2.05) is 24.3 Å². The highest BCUT2D eigenvalue weighted by Gasteiger charge is 2.12. The van der Waals surface area contributed by atoms with Crippen molar-refractivity contribution in [2.24, 2.45) is 0 Å². The maximum Gasteiger partial charge on any atom is 0.273 e. The molecule has 0 aliphatic carbocycles. The lowest BCUT2D eigenvalue weighted by Crippen LogP contribution is -2.22. The summed E-state index contributed by atoms with van der Waals surface area (Å²) in [6.07, 6.45) is 3.08. The molecule has 2 heterocycles. The van der Waals surface area contributed by atoms with Crippen LogP contribution in [0.25, 0.3) is 11.0 Å². The number of hydrogen-bond donors (Lipinski definition) is 1. The Balaban J connectivity index is 1.93. The van der Waals surface area contributed by atoms with Crippen molar-refractivity contribution < 1.29 is 9.21 Å². The number of amides is 1. The van der Waals surface area contributed by atoms with E-state index in [1.165, 1.54) is 6.26 Å². The molecule has 18 heavy (non-hydrogen) atoms. The summed E-state index contributed by atoms with van der Waals surface area (Å²) in [5.74, 6) is 0.376. The van der Waals surface area contributed by atoms with E-state index in [-0.39, 0.29) is 5.91 Å². The van der Waals surface area contributed by atoms with Gasteiger partial charge in [0.2, 0.25) is 0 Å². The molecule has 0 fully saturated rings. The highest BCUT2D eigenvalue weighted by Crippen LogP contribution is 2.12. The predicted octanol–water partition coefficient (Wildman–Crippen LogP) is 2.32. The summed E-state index contributed by atoms with van der Waals surface area (Å²) in [5, 5.41) is 0. The van der Waals surface area contributed by atoms with Crippen molar-refractivity contribution >= 4 is 16.9 Å². The number of para-hydroxylation sites is 2. The molecule has 0 spiro atoms. The number of nitrogens with one attached hydrogen (secondary N) is 1. The summed E-state index contributed by atoms with van der Waals surface area (Å²) >= 11 is 0. The number of benzene rings is 1. The van der Waals surface area contributed by atoms with E-state index >= 15 is 0 Å². The van der Waals surface area contributed by atoms with Crippen molar-refractivity contribution in [3.63, 3.8) is 0 Å². The Morgan fingerprint density at radius 1 is 1.33 bits per heavy atom. The molecule has 3 rings (SSSR count). The van der Waals surface area contributed by atoms with Crippen molar-refractivity contribution in [1.29, 1.82) is 0 Å². The Hall–Kier alpha value is -2.56. The third-order valence-corrected chi connectivity index (χ3v) is 2.78. The smallest absolute Gasteiger partial charge is 0.273 e. The second kappa shape index (κ2) is 4.03. The van der Waals surface area contributed by atoms with Crippen LogP contribution in [-0.4, -0.2) is 15.6 Å². The number of hydrogen-bond acceptors (Lipinski definition) is 3. The Morgan fingerprint density at radius 2 is 2.17 bits per heavy atom. The van der Waals surface area contributed by atoms with Gasteiger partial charge in [-0.25, -0.2) is 9.66 Å². The maximum absolute atomic E-state index is 12.0. The second-order valence-corrected chi connectivity index (χ2v) is 3.93. The number of carbonyl (C=O) groups excluding carboxylic acids is 1. The summed E-state index contributed by atoms with van der Waals surface area (Å²) in [5.41, 5.74) is 4.97. The SMILES string of the molecule is Cc1occc1C(=O)Nn1cnc2ccccc21. The van der Waals surface area contributed by atoms with Gasteiger partial charge in [0.1, 0.15) is 12.1 Å². The van der Waals surface area contributed by atoms with Crippen LogP contribution in [0, 0.1) is 6.92 Å². The van der Waals surface area contributed by atoms with Crippen molar-refractivity contribution in [3.05, 3.63) is 54.2 Å². The van der Waals surface area contributed by atoms with Crippen LogP contribution < -0.4 is 5.43 Å². The molecule has 2 aromatic heterocycles. The Labute approximate surface area is 103 Å². The molecule has 0 saturated carbocycles. The number of furan rings is 1. The van der Waals surface area contributed by atoms with Crippen molar-refractivity contribution in [2.45, 2.75) is 6.92 Å². The molecule has 90 valence electrons. The van der Waals surface area contributed by atoms with Gasteiger partial charge in [-0.3, -0.25) is 10.2 Å². The molecule has 1 aromatic carbocycles. The van der Waals surface area contributed by atoms with E-state index in [4.69, 9.17) is 4.42 Å². The van der Waals surface area contributed by atoms with Crippen LogP contribution in [0.15, 0.2) is 47.3 Å². The van der Waals surface area contributed by atoms with Gasteiger partial charge in [0.05, 0.1) is 22.9 Å². The third kappa shape index (κ3) is 1.66. The maximum atomic E-state index is 12.0. The fourth-order valence-corrected chi connectivity index (χ4v) is 1.84. The molecule has 0 radical (unpaired) electrons. The molecule has 0 aliphatic heterocycles. The molecule has 0 unspecified atom stereocenters. The molecule has 5 heteroatoms. The Morgan fingerprint density at radius 3 is 2.94 bits per heavy atom. The number of aromatic nitrogens is 2. The first-order valence-electron chi connectivity index (χ1n) is 5.53. The summed E-state index contributed by atoms with van der Waals surface area (Å²) in [7, 11) is 0. The van der Waals surface area contributed by atoms with Gasteiger partial charge in [-0.05, 0) is 25.1 Å². The highest BCUT2D eigenvalue weighted by atomic mass is 16.3. The van der Waals surface area contributed by atoms with E-state index in [2.05, 4.69) is 10.4 Å². The molecule has 1 amide bonds. The second-order valence-electron chi connectivity index (χ2n) is 3.93. The fourth-order valence-electron chi connectivity index (χ4n) is 1.84. The fraction of sp³-hybridized carbons (Fsp3) is 0.0769. The van der Waals surface area contributed by atoms with Crippen LogP contribution in [0.3, 0.4) is 0 Å². The van der Waals surface area contributed by atoms with Gasteiger partial charge in [0, 0.05) is 0 Å². The lowest BCUT2D eigenvalue weighted by molar-refractivity contribution is 0.101. The number of rotatable bonds is 2. The number of fused-ring (bicyclic) bond motifs is 1. The molecule has 5 nitrogen and oxygen atoms in total. The summed E-state index contributed by atoms with van der Waals surface area (Å²) in [6.45, 7) is 1.75. The molecular weight excluding hydrogens is 230 g/mol. The minimum absolute atomic E-state index is 0.218. The zero-order chi connectivity index (χ0) is 12.5. The lowest BCUT2D eigenvalue weighted by Gasteiger charge is -2.05. The number of imidazole rings is 1. The van der Waals surface area contributed by atoms with E-state index in [0.717, 1.165) is 11.0 Å². The summed E-state index contributed by atoms with van der Waals surface area (Å²) < 4.78 is 6.71. The van der Waals surface area contributed by atoms with Gasteiger partial charge in [0.15, 0.2) is 0 Å². The largest absolute Gasteiger partial charge is 0.469 e. The lowest BCUT2D eigenvalue weighted by atomic mass is 10.2. The zero-order valence-corrected chi connectivity index (χ0v) is 9.75. The molecule has 3 aromatic rings. The summed E-state index contributed by atoms with van der Waals surface area (Å²) in [6, 6.07) is 9.23. The highest BCUT2D eigenvalue weighted by molar-refractivity contribution is 6.01. The first-order chi connectivity index (χ1) is 8.75. The quantitative estimate of drug-likeness (QED) is 0.749. The molecule has 1 N–H and O–H groups in total. The van der Waals surface area contributed by atoms with E-state index in [1.54, 1.807) is 24.0 Å². The van der Waals surface area contributed by atoms with E-state index < -0.39 is 0 Å². The van der Waals surface area contributed by atoms with Gasteiger partial charge in [-0.2, -0.15) is 0 Å². The topological polar surface area (TPSA) is 60.1 Å². The number of carbonyl (C=O) groups is 1. The van der Waals surface area contributed by atoms with Crippen molar-refractivity contribution in [3.8, 4) is 0 Å². The Kier molecular flexibility index (Phi) is 2.37. The normalized spacial score (nSPS) is 10.7. The van der Waals surface area contributed by atoms with E-state index in [0.29, 0.717) is 11.3 Å². The van der Waals surface area contributed by atoms with Crippen LogP contribution >= 0.6 is 0 Å². The Bertz CT molecular complexity index is 712. The van der Waals surface area contributed by atoms with Crippen molar-refractivity contribution in [2.75, 3.05) is 5.43 Å². The minimum Gasteiger partial charge on any atom is -0.469 e. The standard InChI is InChI=1S/C13H11N3O2/c1-9-10(6-7-18-9)13(17)15-16-8-14-11-4-2-3-5-12(11)16/h2-8H,1H3,(H,15,17). The van der Waals surface area contributed by atoms with Gasteiger partial charge >= 0.3 is 0 Å². The van der Waals surface area contributed by atoms with Crippen LogP contribution in [0.2, 0.25) is 0 Å². The summed E-state index contributed by atoms with van der Waals surface area (Å²) in [4.78, 5) is 16.2. The van der Waals surface area contributed by atoms with Crippen LogP contribution in [0.4, 0.5) is 0 Å². The molecular formula is C13H11N3O2. The first kappa shape index (κ1) is 10.6. The molecule has 0 aliphatic rings. The number of nitrogens with zero attached hydrogens (tertiary/aromatic N) is 2. The number of aryl methyl sites for hydroxylation is 1. The van der Waals surface area contributed by atoms with Gasteiger partial charge in [0.25, 0.3) is 5.91 Å².